The van der Waals surface area contributed by atoms with Gasteiger partial charge in [-0.2, -0.15) is 5.10 Å². The molecule has 1 aliphatic rings. The van der Waals surface area contributed by atoms with Gasteiger partial charge in [-0.15, -0.1) is 0 Å². The van der Waals surface area contributed by atoms with Gasteiger partial charge >= 0.3 is 0 Å². The van der Waals surface area contributed by atoms with Gasteiger partial charge in [-0.1, -0.05) is 0 Å². The van der Waals surface area contributed by atoms with E-state index in [1.807, 2.05) is 19.3 Å². The molecule has 1 aromatic heterocycles. The van der Waals surface area contributed by atoms with E-state index in [0.29, 0.717) is 6.04 Å². The molecule has 1 atom stereocenters. The van der Waals surface area contributed by atoms with Gasteiger partial charge < -0.3 is 5.32 Å². The summed E-state index contributed by atoms with van der Waals surface area (Å²) in [7, 11) is 2.05. The lowest BCUT2D eigenvalue weighted by molar-refractivity contribution is 0.186. The van der Waals surface area contributed by atoms with Crippen molar-refractivity contribution < 1.29 is 0 Å². The van der Waals surface area contributed by atoms with E-state index in [-0.39, 0.29) is 0 Å². The zero-order valence-corrected chi connectivity index (χ0v) is 8.66. The molecule has 1 unspecified atom stereocenters. The second-order valence-electron chi connectivity index (χ2n) is 3.94. The van der Waals surface area contributed by atoms with Crippen molar-refractivity contribution >= 4 is 0 Å². The molecule has 1 aromatic rings. The van der Waals surface area contributed by atoms with Crippen molar-refractivity contribution in [2.45, 2.75) is 25.4 Å². The van der Waals surface area contributed by atoms with E-state index < -0.39 is 0 Å². The van der Waals surface area contributed by atoms with Crippen LogP contribution in [0.1, 0.15) is 18.5 Å². The zero-order valence-electron chi connectivity index (χ0n) is 8.66. The predicted molar refractivity (Wildman–Crippen MR) is 55.9 cm³/mol. The fraction of sp³-hybridized carbons (Fsp3) is 0.700. The first-order valence-corrected chi connectivity index (χ1v) is 5.26. The van der Waals surface area contributed by atoms with Crippen LogP contribution in [0.5, 0.6) is 0 Å². The highest BCUT2D eigenvalue weighted by molar-refractivity contribution is 4.97. The Bertz CT molecular complexity index is 257. The summed E-state index contributed by atoms with van der Waals surface area (Å²) in [5.41, 5.74) is 1.21. The lowest BCUT2D eigenvalue weighted by atomic mass is 10.1. The Morgan fingerprint density at radius 1 is 1.71 bits per heavy atom. The van der Waals surface area contributed by atoms with Gasteiger partial charge in [0.05, 0.1) is 0 Å². The van der Waals surface area contributed by atoms with E-state index in [0.717, 1.165) is 13.1 Å². The number of hydrogen-bond acceptors (Lipinski definition) is 3. The van der Waals surface area contributed by atoms with Crippen molar-refractivity contribution in [2.24, 2.45) is 0 Å². The monoisotopic (exact) mass is 194 g/mol. The first-order valence-electron chi connectivity index (χ1n) is 5.26. The molecule has 0 spiro atoms. The molecule has 0 radical (unpaired) electrons. The Balaban J connectivity index is 1.86. The Labute approximate surface area is 84.7 Å². The second-order valence-corrected chi connectivity index (χ2v) is 3.94. The number of nitrogens with one attached hydrogen (secondary N) is 2. The van der Waals surface area contributed by atoms with E-state index in [9.17, 15) is 0 Å². The molecular formula is C10H18N4. The normalized spacial score (nSPS) is 23.9. The Morgan fingerprint density at radius 2 is 2.64 bits per heavy atom. The summed E-state index contributed by atoms with van der Waals surface area (Å²) in [6, 6.07) is 2.70. The molecule has 2 heterocycles. The van der Waals surface area contributed by atoms with E-state index in [1.165, 1.54) is 25.1 Å². The molecule has 2 N–H and O–H groups in total. The SMILES string of the molecule is CNC1CCCN(Cc2ccn[nH]2)C1. The molecule has 14 heavy (non-hydrogen) atoms. The summed E-state index contributed by atoms with van der Waals surface area (Å²) < 4.78 is 0. The average Bonchev–Trinajstić information content (AvgIpc) is 2.71. The molecule has 0 saturated carbocycles. The third-order valence-electron chi connectivity index (χ3n) is 2.87. The van der Waals surface area contributed by atoms with Crippen molar-refractivity contribution in [1.29, 1.82) is 0 Å². The predicted octanol–water partition coefficient (Wildman–Crippen LogP) is 0.593. The van der Waals surface area contributed by atoms with Gasteiger partial charge in [0.2, 0.25) is 0 Å². The molecule has 1 fully saturated rings. The van der Waals surface area contributed by atoms with E-state index in [2.05, 4.69) is 20.4 Å². The highest BCUT2D eigenvalue weighted by Crippen LogP contribution is 2.11. The zero-order chi connectivity index (χ0) is 9.80. The summed E-state index contributed by atoms with van der Waals surface area (Å²) in [4.78, 5) is 2.47. The summed E-state index contributed by atoms with van der Waals surface area (Å²) in [6.07, 6.45) is 4.41. The largest absolute Gasteiger partial charge is 0.316 e. The first-order chi connectivity index (χ1) is 6.88. The number of nitrogens with zero attached hydrogens (tertiary/aromatic N) is 2. The van der Waals surface area contributed by atoms with Crippen LogP contribution in [-0.4, -0.2) is 41.3 Å². The van der Waals surface area contributed by atoms with Crippen LogP contribution in [0, 0.1) is 0 Å². The summed E-state index contributed by atoms with van der Waals surface area (Å²) in [5, 5.41) is 10.3. The average molecular weight is 194 g/mol. The van der Waals surface area contributed by atoms with Crippen LogP contribution < -0.4 is 5.32 Å². The van der Waals surface area contributed by atoms with Gasteiger partial charge in [0.25, 0.3) is 0 Å². The van der Waals surface area contributed by atoms with E-state index in [1.54, 1.807) is 0 Å². The summed E-state index contributed by atoms with van der Waals surface area (Å²) in [5.74, 6) is 0. The fourth-order valence-electron chi connectivity index (χ4n) is 2.05. The molecule has 0 aliphatic carbocycles. The smallest absolute Gasteiger partial charge is 0.0492 e. The lowest BCUT2D eigenvalue weighted by Gasteiger charge is -2.32. The molecule has 0 amide bonds. The molecule has 4 nitrogen and oxygen atoms in total. The van der Waals surface area contributed by atoms with Crippen LogP contribution in [0.15, 0.2) is 12.3 Å². The number of aromatic amines is 1. The summed E-state index contributed by atoms with van der Waals surface area (Å²) >= 11 is 0. The third-order valence-corrected chi connectivity index (χ3v) is 2.87. The number of piperidine rings is 1. The van der Waals surface area contributed by atoms with Gasteiger partial charge in [0.15, 0.2) is 0 Å². The number of aromatic nitrogens is 2. The summed E-state index contributed by atoms with van der Waals surface area (Å²) in [6.45, 7) is 3.35. The lowest BCUT2D eigenvalue weighted by Crippen LogP contribution is -2.43. The van der Waals surface area contributed by atoms with Gasteiger partial charge in [-0.3, -0.25) is 10.00 Å². The fourth-order valence-corrected chi connectivity index (χ4v) is 2.05. The third kappa shape index (κ3) is 2.33. The van der Waals surface area contributed by atoms with Crippen LogP contribution in [-0.2, 0) is 6.54 Å². The highest BCUT2D eigenvalue weighted by atomic mass is 15.2. The number of rotatable bonds is 3. The van der Waals surface area contributed by atoms with Gasteiger partial charge in [0.1, 0.15) is 0 Å². The van der Waals surface area contributed by atoms with Gasteiger partial charge in [-0.25, -0.2) is 0 Å². The molecule has 78 valence electrons. The standard InChI is InChI=1S/C10H18N4/c1-11-9-3-2-6-14(7-9)8-10-4-5-12-13-10/h4-5,9,11H,2-3,6-8H2,1H3,(H,12,13). The maximum absolute atomic E-state index is 3.96. The number of likely N-dealkylation sites (tertiary alicyclic amines) is 1. The molecule has 1 saturated heterocycles. The minimum Gasteiger partial charge on any atom is -0.316 e. The molecule has 0 aromatic carbocycles. The quantitative estimate of drug-likeness (QED) is 0.740. The Kier molecular flexibility index (Phi) is 3.16. The number of likely N-dealkylation sites (N-methyl/N-ethyl adjacent to an activating group) is 1. The Morgan fingerprint density at radius 3 is 3.36 bits per heavy atom. The second kappa shape index (κ2) is 4.57. The number of H-pyrrole nitrogens is 1. The van der Waals surface area contributed by atoms with Crippen molar-refractivity contribution in [3.05, 3.63) is 18.0 Å². The minimum atomic E-state index is 0.659. The van der Waals surface area contributed by atoms with E-state index >= 15 is 0 Å². The molecule has 2 rings (SSSR count). The van der Waals surface area contributed by atoms with Crippen molar-refractivity contribution in [3.63, 3.8) is 0 Å². The van der Waals surface area contributed by atoms with Gasteiger partial charge in [0, 0.05) is 31.0 Å². The van der Waals surface area contributed by atoms with Crippen LogP contribution in [0.4, 0.5) is 0 Å². The van der Waals surface area contributed by atoms with Gasteiger partial charge in [-0.05, 0) is 32.5 Å². The van der Waals surface area contributed by atoms with Crippen molar-refractivity contribution in [3.8, 4) is 0 Å². The van der Waals surface area contributed by atoms with E-state index in [4.69, 9.17) is 0 Å². The minimum absolute atomic E-state index is 0.659. The van der Waals surface area contributed by atoms with Crippen LogP contribution >= 0.6 is 0 Å². The Hall–Kier alpha value is -0.870. The molecule has 1 aliphatic heterocycles. The van der Waals surface area contributed by atoms with Crippen LogP contribution in [0.2, 0.25) is 0 Å². The topological polar surface area (TPSA) is 44.0 Å². The molecular weight excluding hydrogens is 176 g/mol. The highest BCUT2D eigenvalue weighted by Gasteiger charge is 2.18. The number of hydrogen-bond donors (Lipinski definition) is 2. The van der Waals surface area contributed by atoms with Crippen molar-refractivity contribution in [1.82, 2.24) is 20.4 Å². The first kappa shape index (κ1) is 9.68. The molecule has 4 heteroatoms. The molecule has 0 bridgehead atoms. The van der Waals surface area contributed by atoms with Crippen molar-refractivity contribution in [2.75, 3.05) is 20.1 Å². The maximum Gasteiger partial charge on any atom is 0.0492 e. The maximum atomic E-state index is 3.96. The van der Waals surface area contributed by atoms with Crippen LogP contribution in [0.25, 0.3) is 0 Å². The van der Waals surface area contributed by atoms with Crippen LogP contribution in [0.3, 0.4) is 0 Å².